The maximum Gasteiger partial charge on any atom is 0.411 e. The van der Waals surface area contributed by atoms with E-state index in [0.29, 0.717) is 0 Å². The topological polar surface area (TPSA) is 129 Å². The van der Waals surface area contributed by atoms with Crippen LogP contribution in [0, 0.1) is 17.8 Å². The molecule has 0 heterocycles. The molecule has 0 bridgehead atoms. The van der Waals surface area contributed by atoms with Crippen molar-refractivity contribution in [3.63, 3.8) is 0 Å². The van der Waals surface area contributed by atoms with Gasteiger partial charge in [0.25, 0.3) is 0 Å². The van der Waals surface area contributed by atoms with E-state index in [0.717, 1.165) is 0 Å². The van der Waals surface area contributed by atoms with Crippen molar-refractivity contribution in [3.8, 4) is 0 Å². The highest BCUT2D eigenvalue weighted by Gasteiger charge is 2.44. The molecule has 0 spiro atoms. The number of carbonyl (C=O) groups is 7. The van der Waals surface area contributed by atoms with Gasteiger partial charge in [-0.15, -0.1) is 0 Å². The summed E-state index contributed by atoms with van der Waals surface area (Å²) in [5, 5.41) is 0. The van der Waals surface area contributed by atoms with Gasteiger partial charge in [0.2, 0.25) is 0 Å². The number of alkyl halides is 3. The maximum atomic E-state index is 13.2. The molecular weight excluding hydrogens is 545 g/mol. The lowest BCUT2D eigenvalue weighted by atomic mass is 9.90. The molecule has 0 saturated carbocycles. The molecule has 2 aliphatic carbocycles. The molecule has 0 amide bonds. The molecule has 0 saturated heterocycles. The van der Waals surface area contributed by atoms with Gasteiger partial charge in [-0.3, -0.25) is 33.6 Å². The van der Waals surface area contributed by atoms with E-state index in [4.69, 9.17) is 0 Å². The zero-order chi connectivity index (χ0) is 30.2. The molecule has 0 aliphatic heterocycles. The summed E-state index contributed by atoms with van der Waals surface area (Å²) in [5.41, 5.74) is -0.0891. The summed E-state index contributed by atoms with van der Waals surface area (Å²) >= 11 is 0. The van der Waals surface area contributed by atoms with E-state index < -0.39 is 71.0 Å². The van der Waals surface area contributed by atoms with Crippen LogP contribution in [-0.2, 0) is 14.3 Å². The van der Waals surface area contributed by atoms with Gasteiger partial charge >= 0.3 is 6.18 Å². The van der Waals surface area contributed by atoms with Crippen LogP contribution in [0.2, 0.25) is 0 Å². The highest BCUT2D eigenvalue weighted by Crippen LogP contribution is 2.33. The van der Waals surface area contributed by atoms with E-state index >= 15 is 0 Å². The van der Waals surface area contributed by atoms with E-state index in [2.05, 4.69) is 4.74 Å². The van der Waals surface area contributed by atoms with Gasteiger partial charge < -0.3 is 4.74 Å². The van der Waals surface area contributed by atoms with E-state index in [1.54, 1.807) is 6.92 Å². The van der Waals surface area contributed by atoms with Gasteiger partial charge in [-0.1, -0.05) is 26.0 Å². The fraction of sp³-hybridized carbons (Fsp3) is 0.367. The highest BCUT2D eigenvalue weighted by molar-refractivity contribution is 6.37. The third-order valence-corrected chi connectivity index (χ3v) is 7.24. The maximum absolute atomic E-state index is 13.2. The van der Waals surface area contributed by atoms with Gasteiger partial charge in [0.1, 0.15) is 18.4 Å². The summed E-state index contributed by atoms with van der Waals surface area (Å²) in [6.07, 6.45) is -4.57. The number of hydrogen-bond donors (Lipinski definition) is 0. The highest BCUT2D eigenvalue weighted by atomic mass is 19.4. The standard InChI is InChI=1S/C30H25F3O8/c1-3-21(34)23-26(37)17-6-4-15(11-19(17)28(23)39)25(36)16-5-7-18-20(12-16)29(40)24(27(18)38)22(35)10-14(2)8-9-41-13-30(31,32)33/h4-7,11-12,14,23-24H,3,8-10,13H2,1-2H3. The summed E-state index contributed by atoms with van der Waals surface area (Å²) in [7, 11) is 0. The number of rotatable bonds is 11. The van der Waals surface area contributed by atoms with Crippen LogP contribution in [0.15, 0.2) is 36.4 Å². The number of hydrogen-bond acceptors (Lipinski definition) is 8. The van der Waals surface area contributed by atoms with Crippen LogP contribution in [0.4, 0.5) is 13.2 Å². The van der Waals surface area contributed by atoms with Gasteiger partial charge in [0.15, 0.2) is 40.5 Å². The van der Waals surface area contributed by atoms with E-state index in [9.17, 15) is 46.7 Å². The Hall–Kier alpha value is -4.12. The van der Waals surface area contributed by atoms with Crippen molar-refractivity contribution in [1.29, 1.82) is 0 Å². The van der Waals surface area contributed by atoms with Crippen LogP contribution >= 0.6 is 0 Å². The number of benzene rings is 2. The first-order valence-corrected chi connectivity index (χ1v) is 12.9. The molecule has 214 valence electrons. The lowest BCUT2D eigenvalue weighted by Crippen LogP contribution is -2.27. The number of fused-ring (bicyclic) bond motifs is 2. The predicted octanol–water partition coefficient (Wildman–Crippen LogP) is 4.45. The Morgan fingerprint density at radius 2 is 1.24 bits per heavy atom. The number of carbonyl (C=O) groups excluding carboxylic acids is 7. The van der Waals surface area contributed by atoms with Crippen LogP contribution in [0.25, 0.3) is 0 Å². The Morgan fingerprint density at radius 3 is 1.71 bits per heavy atom. The second-order valence-electron chi connectivity index (χ2n) is 10.2. The normalized spacial score (nSPS) is 18.9. The van der Waals surface area contributed by atoms with E-state index in [1.165, 1.54) is 43.3 Å². The van der Waals surface area contributed by atoms with Crippen molar-refractivity contribution < 1.29 is 51.5 Å². The molecule has 0 N–H and O–H groups in total. The van der Waals surface area contributed by atoms with Crippen LogP contribution in [0.3, 0.4) is 0 Å². The third-order valence-electron chi connectivity index (χ3n) is 7.24. The van der Waals surface area contributed by atoms with Gasteiger partial charge in [-0.25, -0.2) is 0 Å². The molecule has 8 nitrogen and oxygen atoms in total. The predicted molar refractivity (Wildman–Crippen MR) is 136 cm³/mol. The lowest BCUT2D eigenvalue weighted by Gasteiger charge is -2.13. The Bertz CT molecular complexity index is 1500. The molecule has 11 heteroatoms. The fourth-order valence-electron chi connectivity index (χ4n) is 5.06. The first-order chi connectivity index (χ1) is 19.2. The zero-order valence-electron chi connectivity index (χ0n) is 22.1. The Labute approximate surface area is 232 Å². The molecule has 0 radical (unpaired) electrons. The SMILES string of the molecule is CCC(=O)C1C(=O)c2ccc(C(=O)c3ccc4c(c3)C(=O)C(C(=O)CC(C)CCOCC(F)(F)F)C4=O)cc2C1=O. The molecule has 0 aromatic heterocycles. The minimum atomic E-state index is -4.47. The molecular formula is C30H25F3O8. The van der Waals surface area contributed by atoms with Crippen molar-refractivity contribution in [2.24, 2.45) is 17.8 Å². The number of ether oxygens (including phenoxy) is 1. The lowest BCUT2D eigenvalue weighted by molar-refractivity contribution is -0.174. The monoisotopic (exact) mass is 570 g/mol. The van der Waals surface area contributed by atoms with Gasteiger partial charge in [0.05, 0.1) is 0 Å². The summed E-state index contributed by atoms with van der Waals surface area (Å²) < 4.78 is 41.2. The molecule has 2 aromatic rings. The van der Waals surface area contributed by atoms with Gasteiger partial charge in [0, 0.05) is 52.8 Å². The minimum absolute atomic E-state index is 0.00256. The quantitative estimate of drug-likeness (QED) is 0.220. The Kier molecular flexibility index (Phi) is 8.30. The Balaban J connectivity index is 1.48. The second kappa shape index (κ2) is 11.4. The van der Waals surface area contributed by atoms with Crippen molar-refractivity contribution >= 4 is 40.5 Å². The summed E-state index contributed by atoms with van der Waals surface area (Å²) in [4.78, 5) is 89.4. The summed E-state index contributed by atoms with van der Waals surface area (Å²) in [5.74, 6) is -8.06. The summed E-state index contributed by atoms with van der Waals surface area (Å²) in [6.45, 7) is 1.47. The van der Waals surface area contributed by atoms with Gasteiger partial charge in [-0.05, 0) is 36.6 Å². The minimum Gasteiger partial charge on any atom is -0.372 e. The molecule has 0 fully saturated rings. The molecule has 2 aliphatic rings. The zero-order valence-corrected chi connectivity index (χ0v) is 22.1. The Morgan fingerprint density at radius 1 is 0.780 bits per heavy atom. The smallest absolute Gasteiger partial charge is 0.372 e. The first kappa shape index (κ1) is 29.9. The van der Waals surface area contributed by atoms with E-state index in [1.807, 2.05) is 0 Å². The number of ketones is 7. The van der Waals surface area contributed by atoms with Crippen LogP contribution < -0.4 is 0 Å². The average Bonchev–Trinajstić information content (AvgIpc) is 3.33. The molecule has 41 heavy (non-hydrogen) atoms. The average molecular weight is 571 g/mol. The van der Waals surface area contributed by atoms with Crippen LogP contribution in [-0.4, -0.2) is 59.9 Å². The van der Waals surface area contributed by atoms with Crippen LogP contribution in [0.1, 0.15) is 90.5 Å². The van der Waals surface area contributed by atoms with Crippen molar-refractivity contribution in [3.05, 3.63) is 69.8 Å². The van der Waals surface area contributed by atoms with E-state index in [-0.39, 0.29) is 59.3 Å². The van der Waals surface area contributed by atoms with Gasteiger partial charge in [-0.2, -0.15) is 13.2 Å². The molecule has 2 aromatic carbocycles. The number of Topliss-reactive ketones (excluding diaryl/α,β-unsaturated/α-hetero) is 6. The largest absolute Gasteiger partial charge is 0.411 e. The first-order valence-electron chi connectivity index (χ1n) is 12.9. The third kappa shape index (κ3) is 5.85. The van der Waals surface area contributed by atoms with Crippen molar-refractivity contribution in [2.75, 3.05) is 13.2 Å². The van der Waals surface area contributed by atoms with Crippen molar-refractivity contribution in [2.45, 2.75) is 39.3 Å². The summed E-state index contributed by atoms with van der Waals surface area (Å²) in [6, 6.07) is 7.64. The second-order valence-corrected chi connectivity index (χ2v) is 10.2. The van der Waals surface area contributed by atoms with Crippen molar-refractivity contribution in [1.82, 2.24) is 0 Å². The molecule has 3 unspecified atom stereocenters. The molecule has 3 atom stereocenters. The fourth-order valence-corrected chi connectivity index (χ4v) is 5.06. The number of halogens is 3. The molecule has 4 rings (SSSR count). The van der Waals surface area contributed by atoms with Crippen LogP contribution in [0.5, 0.6) is 0 Å².